The summed E-state index contributed by atoms with van der Waals surface area (Å²) in [5.41, 5.74) is 1.84. The Morgan fingerprint density at radius 2 is 1.80 bits per heavy atom. The molecule has 180 valence electrons. The highest BCUT2D eigenvalue weighted by molar-refractivity contribution is 6.39. The first-order valence-corrected chi connectivity index (χ1v) is 11.9. The van der Waals surface area contributed by atoms with E-state index in [0.717, 1.165) is 25.4 Å². The Kier molecular flexibility index (Phi) is 7.61. The topological polar surface area (TPSA) is 98.7 Å². The Balaban J connectivity index is 1.58. The summed E-state index contributed by atoms with van der Waals surface area (Å²) < 4.78 is 7.02. The Hall–Kier alpha value is -3.51. The van der Waals surface area contributed by atoms with Gasteiger partial charge in [0.25, 0.3) is 0 Å². The lowest BCUT2D eigenvalue weighted by atomic mass is 10.1. The van der Waals surface area contributed by atoms with Gasteiger partial charge in [0.2, 0.25) is 5.88 Å². The molecule has 0 spiro atoms. The van der Waals surface area contributed by atoms with Crippen LogP contribution >= 0.6 is 23.2 Å². The quantitative estimate of drug-likeness (QED) is 0.296. The Bertz CT molecular complexity index is 1360. The van der Waals surface area contributed by atoms with Crippen molar-refractivity contribution in [3.63, 3.8) is 0 Å². The summed E-state index contributed by atoms with van der Waals surface area (Å²) >= 11 is 12.6. The summed E-state index contributed by atoms with van der Waals surface area (Å²) in [5, 5.41) is 28.9. The molecule has 0 radical (unpaired) electrons. The summed E-state index contributed by atoms with van der Waals surface area (Å²) in [6.07, 6.45) is 1.43. The summed E-state index contributed by atoms with van der Waals surface area (Å²) in [7, 11) is 0. The average molecular weight is 511 g/mol. The number of fused-ring (bicyclic) bond motifs is 1. The molecular formula is C25H24Cl2N6O2. The molecule has 2 N–H and O–H groups in total. The molecule has 2 aromatic carbocycles. The van der Waals surface area contributed by atoms with Crippen molar-refractivity contribution in [2.45, 2.75) is 13.8 Å². The molecule has 0 fully saturated rings. The third-order valence-corrected chi connectivity index (χ3v) is 6.28. The monoisotopic (exact) mass is 510 g/mol. The van der Waals surface area contributed by atoms with Crippen molar-refractivity contribution in [3.8, 4) is 28.8 Å². The normalized spacial score (nSPS) is 11.1. The third kappa shape index (κ3) is 5.13. The summed E-state index contributed by atoms with van der Waals surface area (Å²) in [5.74, 6) is 0.776. The lowest BCUT2D eigenvalue weighted by molar-refractivity contribution is 0.223. The number of benzene rings is 2. The van der Waals surface area contributed by atoms with Crippen LogP contribution in [-0.2, 0) is 0 Å². The number of aromatic nitrogens is 3. The van der Waals surface area contributed by atoms with E-state index in [1.54, 1.807) is 18.2 Å². The fraction of sp³-hybridized carbons (Fsp3) is 0.240. The van der Waals surface area contributed by atoms with Crippen LogP contribution in [0.3, 0.4) is 0 Å². The predicted molar refractivity (Wildman–Crippen MR) is 138 cm³/mol. The zero-order valence-electron chi connectivity index (χ0n) is 19.3. The molecule has 0 saturated heterocycles. The van der Waals surface area contributed by atoms with E-state index in [1.807, 2.05) is 24.3 Å². The van der Waals surface area contributed by atoms with E-state index < -0.39 is 0 Å². The van der Waals surface area contributed by atoms with Crippen molar-refractivity contribution in [3.05, 3.63) is 64.3 Å². The maximum absolute atomic E-state index is 10.9. The van der Waals surface area contributed by atoms with Crippen molar-refractivity contribution in [1.82, 2.24) is 19.5 Å². The van der Waals surface area contributed by atoms with Crippen LogP contribution in [0.1, 0.15) is 19.4 Å². The molecule has 2 aromatic heterocycles. The zero-order chi connectivity index (χ0) is 24.9. The number of rotatable bonds is 9. The number of likely N-dealkylation sites (N-methyl/N-ethyl adjacent to an activating group) is 1. The van der Waals surface area contributed by atoms with Gasteiger partial charge in [-0.2, -0.15) is 9.78 Å². The minimum absolute atomic E-state index is 0.191. The molecule has 4 aromatic rings. The number of hydrogen-bond donors (Lipinski definition) is 2. The second-order valence-electron chi connectivity index (χ2n) is 7.69. The maximum Gasteiger partial charge on any atom is 0.223 e. The molecule has 0 amide bonds. The van der Waals surface area contributed by atoms with E-state index in [9.17, 15) is 10.4 Å². The van der Waals surface area contributed by atoms with Gasteiger partial charge in [0.15, 0.2) is 11.5 Å². The average Bonchev–Trinajstić information content (AvgIpc) is 3.22. The summed E-state index contributed by atoms with van der Waals surface area (Å²) in [6, 6.07) is 14.5. The van der Waals surface area contributed by atoms with Crippen LogP contribution in [0.4, 0.5) is 11.5 Å². The molecule has 0 aliphatic carbocycles. The zero-order valence-corrected chi connectivity index (χ0v) is 20.8. The molecule has 0 atom stereocenters. The van der Waals surface area contributed by atoms with E-state index >= 15 is 0 Å². The van der Waals surface area contributed by atoms with Gasteiger partial charge in [0.05, 0.1) is 15.6 Å². The van der Waals surface area contributed by atoms with E-state index in [4.69, 9.17) is 27.9 Å². The molecule has 2 heterocycles. The first-order chi connectivity index (χ1) is 17.0. The second-order valence-corrected chi connectivity index (χ2v) is 8.50. The highest BCUT2D eigenvalue weighted by atomic mass is 35.5. The van der Waals surface area contributed by atoms with Crippen LogP contribution in [0.2, 0.25) is 10.0 Å². The minimum Gasteiger partial charge on any atom is -0.493 e. The number of halogens is 2. The Morgan fingerprint density at radius 1 is 1.11 bits per heavy atom. The van der Waals surface area contributed by atoms with Gasteiger partial charge >= 0.3 is 0 Å². The van der Waals surface area contributed by atoms with Gasteiger partial charge in [-0.3, -0.25) is 0 Å². The molecule has 0 aliphatic rings. The molecular weight excluding hydrogens is 487 g/mol. The molecule has 0 unspecified atom stereocenters. The van der Waals surface area contributed by atoms with Gasteiger partial charge in [0, 0.05) is 24.0 Å². The Labute approximate surface area is 213 Å². The van der Waals surface area contributed by atoms with Gasteiger partial charge < -0.3 is 20.1 Å². The largest absolute Gasteiger partial charge is 0.493 e. The van der Waals surface area contributed by atoms with Crippen LogP contribution < -0.4 is 10.1 Å². The molecule has 0 bridgehead atoms. The van der Waals surface area contributed by atoms with E-state index in [1.165, 1.54) is 10.7 Å². The third-order valence-electron chi connectivity index (χ3n) is 5.65. The van der Waals surface area contributed by atoms with E-state index in [0.29, 0.717) is 33.5 Å². The molecule has 8 nitrogen and oxygen atoms in total. The minimum atomic E-state index is -0.230. The van der Waals surface area contributed by atoms with Crippen LogP contribution in [0.5, 0.6) is 11.6 Å². The van der Waals surface area contributed by atoms with Crippen molar-refractivity contribution >= 4 is 40.4 Å². The predicted octanol–water partition coefficient (Wildman–Crippen LogP) is 5.74. The maximum atomic E-state index is 10.9. The number of nitrogens with one attached hydrogen (secondary N) is 1. The van der Waals surface area contributed by atoms with E-state index in [2.05, 4.69) is 40.2 Å². The van der Waals surface area contributed by atoms with Crippen LogP contribution in [0.25, 0.3) is 16.8 Å². The van der Waals surface area contributed by atoms with Crippen LogP contribution in [0.15, 0.2) is 48.7 Å². The van der Waals surface area contributed by atoms with Gasteiger partial charge in [-0.25, -0.2) is 4.98 Å². The fourth-order valence-corrected chi connectivity index (χ4v) is 4.30. The highest BCUT2D eigenvalue weighted by Gasteiger charge is 2.21. The lowest BCUT2D eigenvalue weighted by Gasteiger charge is -2.18. The fourth-order valence-electron chi connectivity index (χ4n) is 3.70. The smallest absolute Gasteiger partial charge is 0.223 e. The Morgan fingerprint density at radius 3 is 2.43 bits per heavy atom. The first kappa shape index (κ1) is 24.6. The van der Waals surface area contributed by atoms with Crippen LogP contribution in [0, 0.1) is 11.3 Å². The number of aromatic hydroxyl groups is 1. The number of anilines is 2. The second kappa shape index (κ2) is 10.8. The number of ether oxygens (including phenoxy) is 1. The molecule has 0 aliphatic heterocycles. The van der Waals surface area contributed by atoms with Crippen molar-refractivity contribution in [1.29, 1.82) is 5.26 Å². The van der Waals surface area contributed by atoms with Crippen LogP contribution in [-0.4, -0.2) is 50.8 Å². The molecule has 35 heavy (non-hydrogen) atoms. The highest BCUT2D eigenvalue weighted by Crippen LogP contribution is 2.39. The number of hydrogen-bond acceptors (Lipinski definition) is 7. The van der Waals surface area contributed by atoms with Gasteiger partial charge in [0.1, 0.15) is 24.0 Å². The standard InChI is InChI=1S/C25H24Cl2N6O2/c1-3-32(4-2)12-13-35-17-10-8-16(9-11-17)30-23-18(14-28)24-29-15-19(25(34)33(24)31-23)22-20(26)6-5-7-21(22)27/h5-11,15,34H,3-4,12-13H2,1-2H3,(H,30,31). The van der Waals surface area contributed by atoms with Gasteiger partial charge in [-0.15, -0.1) is 5.10 Å². The molecule has 10 heteroatoms. The number of nitrogens with zero attached hydrogens (tertiary/aromatic N) is 5. The van der Waals surface area contributed by atoms with E-state index in [-0.39, 0.29) is 22.9 Å². The SMILES string of the molecule is CCN(CC)CCOc1ccc(Nc2nn3c(O)c(-c4c(Cl)cccc4Cl)cnc3c2C#N)cc1. The molecule has 0 saturated carbocycles. The van der Waals surface area contributed by atoms with Crippen molar-refractivity contribution in [2.24, 2.45) is 0 Å². The van der Waals surface area contributed by atoms with Gasteiger partial charge in [-0.05, 0) is 49.5 Å². The van der Waals surface area contributed by atoms with Crippen molar-refractivity contribution in [2.75, 3.05) is 31.6 Å². The first-order valence-electron chi connectivity index (χ1n) is 11.1. The van der Waals surface area contributed by atoms with Crippen molar-refractivity contribution < 1.29 is 9.84 Å². The molecule has 4 rings (SSSR count). The lowest BCUT2D eigenvalue weighted by Crippen LogP contribution is -2.27. The number of nitriles is 1. The summed E-state index contributed by atoms with van der Waals surface area (Å²) in [6.45, 7) is 7.68. The summed E-state index contributed by atoms with van der Waals surface area (Å²) in [4.78, 5) is 6.64. The van der Waals surface area contributed by atoms with Gasteiger partial charge in [-0.1, -0.05) is 43.1 Å².